The lowest BCUT2D eigenvalue weighted by Crippen LogP contribution is -2.20. The number of rotatable bonds is 4. The van der Waals surface area contributed by atoms with Crippen LogP contribution in [-0.4, -0.2) is 15.6 Å². The van der Waals surface area contributed by atoms with E-state index in [0.717, 1.165) is 18.5 Å². The highest BCUT2D eigenvalue weighted by atomic mass is 16.4. The van der Waals surface area contributed by atoms with Gasteiger partial charge in [-0.25, -0.2) is 0 Å². The normalized spacial score (nSPS) is 12.4. The first-order valence-corrected chi connectivity index (χ1v) is 4.89. The van der Waals surface area contributed by atoms with Gasteiger partial charge in [-0.15, -0.1) is 0 Å². The van der Waals surface area contributed by atoms with E-state index in [1.165, 1.54) is 0 Å². The minimum Gasteiger partial charge on any atom is -0.409 e. The Morgan fingerprint density at radius 1 is 1.57 bits per heavy atom. The van der Waals surface area contributed by atoms with Crippen LogP contribution in [0.2, 0.25) is 0 Å². The molecule has 1 heterocycles. The SMILES string of the molecule is CCC(CC)n1cccc1/C(N)=N/O. The molecular weight excluding hydrogens is 178 g/mol. The predicted octanol–water partition coefficient (Wildman–Crippen LogP) is 1.94. The fourth-order valence-corrected chi connectivity index (χ4v) is 1.66. The Hall–Kier alpha value is -1.45. The van der Waals surface area contributed by atoms with E-state index in [1.54, 1.807) is 0 Å². The zero-order valence-corrected chi connectivity index (χ0v) is 8.64. The molecule has 1 aromatic heterocycles. The Morgan fingerprint density at radius 3 is 2.71 bits per heavy atom. The van der Waals surface area contributed by atoms with Gasteiger partial charge in [-0.1, -0.05) is 19.0 Å². The molecule has 0 saturated carbocycles. The molecule has 0 bridgehead atoms. The molecule has 1 aromatic rings. The largest absolute Gasteiger partial charge is 0.409 e. The number of nitrogens with zero attached hydrogens (tertiary/aromatic N) is 2. The highest BCUT2D eigenvalue weighted by molar-refractivity contribution is 5.95. The van der Waals surface area contributed by atoms with Crippen LogP contribution in [0, 0.1) is 0 Å². The second-order valence-corrected chi connectivity index (χ2v) is 3.26. The first-order chi connectivity index (χ1) is 6.74. The molecule has 0 unspecified atom stereocenters. The van der Waals surface area contributed by atoms with Crippen molar-refractivity contribution in [2.45, 2.75) is 32.7 Å². The van der Waals surface area contributed by atoms with Crippen molar-refractivity contribution in [1.82, 2.24) is 4.57 Å². The van der Waals surface area contributed by atoms with Crippen molar-refractivity contribution < 1.29 is 5.21 Å². The van der Waals surface area contributed by atoms with Gasteiger partial charge in [0.05, 0.1) is 5.69 Å². The van der Waals surface area contributed by atoms with Crippen LogP contribution in [0.5, 0.6) is 0 Å². The standard InChI is InChI=1S/C10H17N3O/c1-3-8(4-2)13-7-5-6-9(13)10(11)12-14/h5-8,14H,3-4H2,1-2H3,(H2,11,12). The van der Waals surface area contributed by atoms with Gasteiger partial charge in [-0.05, 0) is 25.0 Å². The molecule has 0 amide bonds. The van der Waals surface area contributed by atoms with E-state index in [1.807, 2.05) is 18.3 Å². The Balaban J connectivity index is 3.03. The van der Waals surface area contributed by atoms with Crippen molar-refractivity contribution in [1.29, 1.82) is 0 Å². The van der Waals surface area contributed by atoms with Crippen LogP contribution in [0.1, 0.15) is 38.4 Å². The third-order valence-corrected chi connectivity index (χ3v) is 2.48. The summed E-state index contributed by atoms with van der Waals surface area (Å²) in [5, 5.41) is 11.6. The molecule has 1 rings (SSSR count). The molecule has 4 heteroatoms. The number of hydrogen-bond donors (Lipinski definition) is 2. The van der Waals surface area contributed by atoms with Crippen molar-refractivity contribution in [3.8, 4) is 0 Å². The molecule has 0 saturated heterocycles. The summed E-state index contributed by atoms with van der Waals surface area (Å²) in [7, 11) is 0. The summed E-state index contributed by atoms with van der Waals surface area (Å²) >= 11 is 0. The fourth-order valence-electron chi connectivity index (χ4n) is 1.66. The second kappa shape index (κ2) is 4.69. The van der Waals surface area contributed by atoms with Crippen molar-refractivity contribution in [2.75, 3.05) is 0 Å². The van der Waals surface area contributed by atoms with Crippen LogP contribution in [0.4, 0.5) is 0 Å². The Labute approximate surface area is 84.0 Å². The van der Waals surface area contributed by atoms with Gasteiger partial charge in [0.25, 0.3) is 0 Å². The van der Waals surface area contributed by atoms with E-state index in [0.29, 0.717) is 6.04 Å². The molecule has 78 valence electrons. The minimum absolute atomic E-state index is 0.168. The molecule has 4 nitrogen and oxygen atoms in total. The monoisotopic (exact) mass is 195 g/mol. The Morgan fingerprint density at radius 2 is 2.21 bits per heavy atom. The van der Waals surface area contributed by atoms with E-state index in [4.69, 9.17) is 10.9 Å². The van der Waals surface area contributed by atoms with Crippen molar-refractivity contribution >= 4 is 5.84 Å². The van der Waals surface area contributed by atoms with Crippen LogP contribution >= 0.6 is 0 Å². The van der Waals surface area contributed by atoms with Crippen LogP contribution < -0.4 is 5.73 Å². The second-order valence-electron chi connectivity index (χ2n) is 3.26. The lowest BCUT2D eigenvalue weighted by Gasteiger charge is -2.17. The number of nitrogens with two attached hydrogens (primary N) is 1. The Kier molecular flexibility index (Phi) is 3.56. The van der Waals surface area contributed by atoms with Gasteiger partial charge in [0.1, 0.15) is 0 Å². The summed E-state index contributed by atoms with van der Waals surface area (Å²) in [6, 6.07) is 4.18. The lowest BCUT2D eigenvalue weighted by molar-refractivity contribution is 0.318. The quantitative estimate of drug-likeness (QED) is 0.334. The van der Waals surface area contributed by atoms with Gasteiger partial charge in [0.15, 0.2) is 5.84 Å². The molecule has 0 fully saturated rings. The molecule has 0 aliphatic rings. The summed E-state index contributed by atoms with van der Waals surface area (Å²) in [5.41, 5.74) is 6.34. The molecule has 0 atom stereocenters. The van der Waals surface area contributed by atoms with Gasteiger partial charge in [-0.2, -0.15) is 0 Å². The zero-order valence-electron chi connectivity index (χ0n) is 8.64. The molecule has 0 radical (unpaired) electrons. The average Bonchev–Trinajstić information content (AvgIpc) is 2.68. The van der Waals surface area contributed by atoms with Crippen LogP contribution in [-0.2, 0) is 0 Å². The smallest absolute Gasteiger partial charge is 0.186 e. The van der Waals surface area contributed by atoms with Gasteiger partial charge < -0.3 is 15.5 Å². The maximum atomic E-state index is 8.61. The zero-order chi connectivity index (χ0) is 10.6. The summed E-state index contributed by atoms with van der Waals surface area (Å²) < 4.78 is 2.05. The van der Waals surface area contributed by atoms with Crippen LogP contribution in [0.3, 0.4) is 0 Å². The highest BCUT2D eigenvalue weighted by Gasteiger charge is 2.11. The van der Waals surface area contributed by atoms with Gasteiger partial charge >= 0.3 is 0 Å². The average molecular weight is 195 g/mol. The van der Waals surface area contributed by atoms with Crippen LogP contribution in [0.25, 0.3) is 0 Å². The van der Waals surface area contributed by atoms with Gasteiger partial charge in [0.2, 0.25) is 0 Å². The van der Waals surface area contributed by atoms with E-state index >= 15 is 0 Å². The van der Waals surface area contributed by atoms with Crippen molar-refractivity contribution in [2.24, 2.45) is 10.9 Å². The fraction of sp³-hybridized carbons (Fsp3) is 0.500. The van der Waals surface area contributed by atoms with Crippen molar-refractivity contribution in [3.05, 3.63) is 24.0 Å². The van der Waals surface area contributed by atoms with E-state index in [2.05, 4.69) is 23.6 Å². The maximum Gasteiger partial charge on any atom is 0.186 e. The number of amidine groups is 1. The molecule has 0 aromatic carbocycles. The van der Waals surface area contributed by atoms with E-state index in [9.17, 15) is 0 Å². The molecule has 0 spiro atoms. The minimum atomic E-state index is 0.168. The van der Waals surface area contributed by atoms with Crippen molar-refractivity contribution in [3.63, 3.8) is 0 Å². The third kappa shape index (κ3) is 1.89. The number of aromatic nitrogens is 1. The van der Waals surface area contributed by atoms with Gasteiger partial charge in [-0.3, -0.25) is 0 Å². The summed E-state index contributed by atoms with van der Waals surface area (Å²) in [6.45, 7) is 4.26. The lowest BCUT2D eigenvalue weighted by atomic mass is 10.1. The topological polar surface area (TPSA) is 63.5 Å². The predicted molar refractivity (Wildman–Crippen MR) is 56.6 cm³/mol. The first kappa shape index (κ1) is 10.6. The molecule has 3 N–H and O–H groups in total. The summed E-state index contributed by atoms with van der Waals surface area (Å²) in [5.74, 6) is 0.168. The maximum absolute atomic E-state index is 8.61. The molecule has 0 aliphatic heterocycles. The summed E-state index contributed by atoms with van der Waals surface area (Å²) in [6.07, 6.45) is 4.04. The van der Waals surface area contributed by atoms with Crippen LogP contribution in [0.15, 0.2) is 23.5 Å². The van der Waals surface area contributed by atoms with E-state index < -0.39 is 0 Å². The highest BCUT2D eigenvalue weighted by Crippen LogP contribution is 2.18. The first-order valence-electron chi connectivity index (χ1n) is 4.89. The van der Waals surface area contributed by atoms with Gasteiger partial charge in [0, 0.05) is 12.2 Å². The molecule has 0 aliphatic carbocycles. The van der Waals surface area contributed by atoms with E-state index in [-0.39, 0.29) is 5.84 Å². The number of hydrogen-bond acceptors (Lipinski definition) is 2. The summed E-state index contributed by atoms with van der Waals surface area (Å²) in [4.78, 5) is 0. The number of oxime groups is 1. The molecular formula is C10H17N3O. The Bertz CT molecular complexity index is 313. The molecule has 14 heavy (non-hydrogen) atoms. The third-order valence-electron chi connectivity index (χ3n) is 2.48.